The lowest BCUT2D eigenvalue weighted by molar-refractivity contribution is 0.332. The van der Waals surface area contributed by atoms with Gasteiger partial charge < -0.3 is 5.32 Å². The molecule has 1 saturated heterocycles. The molecule has 6 heteroatoms. The first-order valence-corrected chi connectivity index (χ1v) is 8.46. The second kappa shape index (κ2) is 7.43. The van der Waals surface area contributed by atoms with Crippen LogP contribution in [0.25, 0.3) is 0 Å². The average Bonchev–Trinajstić information content (AvgIpc) is 2.32. The minimum Gasteiger partial charge on any atom is -0.313 e. The van der Waals surface area contributed by atoms with Crippen molar-refractivity contribution >= 4 is 10.2 Å². The van der Waals surface area contributed by atoms with Crippen molar-refractivity contribution in [3.8, 4) is 0 Å². The highest BCUT2D eigenvalue weighted by Gasteiger charge is 2.28. The van der Waals surface area contributed by atoms with E-state index in [4.69, 9.17) is 0 Å². The summed E-state index contributed by atoms with van der Waals surface area (Å²) in [7, 11) is -3.34. The molecule has 0 bridgehead atoms. The second-order valence-electron chi connectivity index (χ2n) is 5.01. The largest absolute Gasteiger partial charge is 0.313 e. The van der Waals surface area contributed by atoms with E-state index in [-0.39, 0.29) is 12.1 Å². The first-order chi connectivity index (χ1) is 8.51. The van der Waals surface area contributed by atoms with E-state index in [2.05, 4.69) is 10.0 Å². The third kappa shape index (κ3) is 4.50. The van der Waals surface area contributed by atoms with Gasteiger partial charge in [0, 0.05) is 25.2 Å². The van der Waals surface area contributed by atoms with Gasteiger partial charge in [-0.15, -0.1) is 0 Å². The number of hydrogen-bond donors (Lipinski definition) is 2. The molecule has 0 aromatic carbocycles. The maximum atomic E-state index is 12.3. The van der Waals surface area contributed by atoms with Crippen LogP contribution in [0.2, 0.25) is 0 Å². The van der Waals surface area contributed by atoms with E-state index in [1.54, 1.807) is 4.31 Å². The lowest BCUT2D eigenvalue weighted by Gasteiger charge is -2.32. The van der Waals surface area contributed by atoms with Crippen LogP contribution in [0.1, 0.15) is 46.5 Å². The molecule has 1 heterocycles. The third-order valence-electron chi connectivity index (χ3n) is 3.35. The Morgan fingerprint density at radius 3 is 2.39 bits per heavy atom. The molecule has 18 heavy (non-hydrogen) atoms. The van der Waals surface area contributed by atoms with Crippen molar-refractivity contribution in [2.75, 3.05) is 19.6 Å². The number of nitrogens with zero attached hydrogens (tertiary/aromatic N) is 1. The van der Waals surface area contributed by atoms with Gasteiger partial charge in [-0.05, 0) is 39.2 Å². The van der Waals surface area contributed by atoms with Gasteiger partial charge in [0.1, 0.15) is 0 Å². The Morgan fingerprint density at radius 2 is 1.89 bits per heavy atom. The van der Waals surface area contributed by atoms with Gasteiger partial charge >= 0.3 is 0 Å². The summed E-state index contributed by atoms with van der Waals surface area (Å²) in [6, 6.07) is 0.221. The summed E-state index contributed by atoms with van der Waals surface area (Å²) in [6.45, 7) is 8.21. The Kier molecular flexibility index (Phi) is 6.55. The van der Waals surface area contributed by atoms with Gasteiger partial charge in [-0.1, -0.05) is 13.8 Å². The van der Waals surface area contributed by atoms with Crippen LogP contribution in [0, 0.1) is 0 Å². The highest BCUT2D eigenvalue weighted by Crippen LogP contribution is 2.11. The fraction of sp³-hybridized carbons (Fsp3) is 1.00. The monoisotopic (exact) mass is 277 g/mol. The minimum atomic E-state index is -3.34. The molecule has 0 aliphatic carbocycles. The maximum absolute atomic E-state index is 12.3. The van der Waals surface area contributed by atoms with Crippen LogP contribution >= 0.6 is 0 Å². The van der Waals surface area contributed by atoms with Crippen LogP contribution in [-0.4, -0.2) is 44.4 Å². The summed E-state index contributed by atoms with van der Waals surface area (Å²) in [4.78, 5) is 0. The molecule has 108 valence electrons. The van der Waals surface area contributed by atoms with Gasteiger partial charge in [0.05, 0.1) is 0 Å². The van der Waals surface area contributed by atoms with E-state index < -0.39 is 10.2 Å². The molecule has 0 amide bonds. The topological polar surface area (TPSA) is 61.4 Å². The lowest BCUT2D eigenvalue weighted by Crippen LogP contribution is -2.55. The van der Waals surface area contributed by atoms with Gasteiger partial charge in [0.25, 0.3) is 10.2 Å². The number of nitrogens with one attached hydrogen (secondary N) is 2. The normalized spacial score (nSPS) is 25.6. The van der Waals surface area contributed by atoms with Crippen molar-refractivity contribution in [3.63, 3.8) is 0 Å². The van der Waals surface area contributed by atoms with Crippen molar-refractivity contribution in [3.05, 3.63) is 0 Å². The van der Waals surface area contributed by atoms with Crippen molar-refractivity contribution in [2.24, 2.45) is 0 Å². The molecule has 1 fully saturated rings. The van der Waals surface area contributed by atoms with Crippen molar-refractivity contribution < 1.29 is 8.42 Å². The van der Waals surface area contributed by atoms with Crippen molar-refractivity contribution in [2.45, 2.75) is 58.5 Å². The van der Waals surface area contributed by atoms with Gasteiger partial charge in [-0.25, -0.2) is 0 Å². The molecule has 2 unspecified atom stereocenters. The second-order valence-corrected chi connectivity index (χ2v) is 6.72. The third-order valence-corrected chi connectivity index (χ3v) is 4.99. The Bertz CT molecular complexity index is 326. The molecule has 1 aliphatic heterocycles. The van der Waals surface area contributed by atoms with Gasteiger partial charge in [-0.2, -0.15) is 17.4 Å². The van der Waals surface area contributed by atoms with Gasteiger partial charge in [0.2, 0.25) is 0 Å². The van der Waals surface area contributed by atoms with Gasteiger partial charge in [0.15, 0.2) is 0 Å². The smallest absolute Gasteiger partial charge is 0.279 e. The Balaban J connectivity index is 2.65. The standard InChI is InChI=1S/C12H27N3O2S/c1-4-9-15(10-5-2)18(16,17)14-12-7-6-8-13-11(12)3/h11-14H,4-10H2,1-3H3. The van der Waals surface area contributed by atoms with Crippen LogP contribution in [0.5, 0.6) is 0 Å². The summed E-state index contributed by atoms with van der Waals surface area (Å²) in [5.41, 5.74) is 0. The van der Waals surface area contributed by atoms with Crippen molar-refractivity contribution in [1.82, 2.24) is 14.3 Å². The van der Waals surface area contributed by atoms with E-state index in [0.717, 1.165) is 32.2 Å². The molecule has 2 atom stereocenters. The molecule has 0 radical (unpaired) electrons. The molecular formula is C12H27N3O2S. The van der Waals surface area contributed by atoms with Crippen LogP contribution in [0.3, 0.4) is 0 Å². The fourth-order valence-corrected chi connectivity index (χ4v) is 4.02. The molecule has 2 N–H and O–H groups in total. The summed E-state index contributed by atoms with van der Waals surface area (Å²) < 4.78 is 29.0. The van der Waals surface area contributed by atoms with E-state index in [1.165, 1.54) is 0 Å². The molecule has 5 nitrogen and oxygen atoms in total. The maximum Gasteiger partial charge on any atom is 0.279 e. The highest BCUT2D eigenvalue weighted by molar-refractivity contribution is 7.87. The minimum absolute atomic E-state index is 0.0139. The zero-order chi connectivity index (χ0) is 13.6. The first kappa shape index (κ1) is 15.9. The summed E-state index contributed by atoms with van der Waals surface area (Å²) >= 11 is 0. The molecule has 0 spiro atoms. The highest BCUT2D eigenvalue weighted by atomic mass is 32.2. The van der Waals surface area contributed by atoms with Crippen LogP contribution in [0.4, 0.5) is 0 Å². The SMILES string of the molecule is CCCN(CCC)S(=O)(=O)NC1CCCNC1C. The Hall–Kier alpha value is -0.170. The summed E-state index contributed by atoms with van der Waals surface area (Å²) in [5.74, 6) is 0. The molecule has 0 aromatic heterocycles. The molecule has 1 rings (SSSR count). The zero-order valence-electron chi connectivity index (χ0n) is 11.8. The average molecular weight is 277 g/mol. The van der Waals surface area contributed by atoms with E-state index in [9.17, 15) is 8.42 Å². The lowest BCUT2D eigenvalue weighted by atomic mass is 10.0. The number of piperidine rings is 1. The first-order valence-electron chi connectivity index (χ1n) is 7.02. The summed E-state index contributed by atoms with van der Waals surface area (Å²) in [5, 5.41) is 3.31. The Labute approximate surface area is 112 Å². The zero-order valence-corrected chi connectivity index (χ0v) is 12.6. The predicted molar refractivity (Wildman–Crippen MR) is 74.7 cm³/mol. The predicted octanol–water partition coefficient (Wildman–Crippen LogP) is 1.08. The number of rotatable bonds is 7. The number of hydrogen-bond acceptors (Lipinski definition) is 3. The molecule has 1 aliphatic rings. The fourth-order valence-electron chi connectivity index (χ4n) is 2.32. The van der Waals surface area contributed by atoms with E-state index in [0.29, 0.717) is 13.1 Å². The van der Waals surface area contributed by atoms with Gasteiger partial charge in [-0.3, -0.25) is 0 Å². The quantitative estimate of drug-likeness (QED) is 0.732. The van der Waals surface area contributed by atoms with Crippen LogP contribution in [0.15, 0.2) is 0 Å². The van der Waals surface area contributed by atoms with Crippen LogP contribution in [-0.2, 0) is 10.2 Å². The summed E-state index contributed by atoms with van der Waals surface area (Å²) in [6.07, 6.45) is 3.64. The molecule has 0 saturated carbocycles. The Morgan fingerprint density at radius 1 is 1.28 bits per heavy atom. The van der Waals surface area contributed by atoms with E-state index >= 15 is 0 Å². The van der Waals surface area contributed by atoms with E-state index in [1.807, 2.05) is 20.8 Å². The molecular weight excluding hydrogens is 250 g/mol. The van der Waals surface area contributed by atoms with Crippen LogP contribution < -0.4 is 10.0 Å². The van der Waals surface area contributed by atoms with Crippen molar-refractivity contribution in [1.29, 1.82) is 0 Å². The molecule has 0 aromatic rings.